The van der Waals surface area contributed by atoms with Crippen molar-refractivity contribution in [1.29, 1.82) is 0 Å². The number of nitrogens with one attached hydrogen (secondary N) is 1. The van der Waals surface area contributed by atoms with Crippen molar-refractivity contribution in [2.75, 3.05) is 5.32 Å². The normalized spacial score (nSPS) is 10.3. The summed E-state index contributed by atoms with van der Waals surface area (Å²) in [6.07, 6.45) is 5.12. The number of carbonyl (C=O) groups excluding carboxylic acids is 1. The monoisotopic (exact) mass is 369 g/mol. The van der Waals surface area contributed by atoms with Gasteiger partial charge in [0.15, 0.2) is 0 Å². The Balaban J connectivity index is 1.73. The van der Waals surface area contributed by atoms with Gasteiger partial charge in [0, 0.05) is 0 Å². The second-order valence-electron chi connectivity index (χ2n) is 4.80. The number of carbonyl (C=O) groups is 1. The molecule has 0 bridgehead atoms. The van der Waals surface area contributed by atoms with E-state index in [1.165, 1.54) is 0 Å². The standard InChI is InChI=1S/C18H15N3OSe/c22-18(21-14-7-5-10-19-12-14)16-8-1-2-9-17(16)23-13-15-6-3-4-11-20-15/h1-12H,13H2,(H,21,22). The second-order valence-corrected chi connectivity index (χ2v) is 6.94. The van der Waals surface area contributed by atoms with Crippen LogP contribution in [0.1, 0.15) is 16.1 Å². The Morgan fingerprint density at radius 2 is 1.87 bits per heavy atom. The van der Waals surface area contributed by atoms with Crippen molar-refractivity contribution in [3.05, 3.63) is 84.4 Å². The van der Waals surface area contributed by atoms with Gasteiger partial charge in [0.2, 0.25) is 0 Å². The fourth-order valence-corrected chi connectivity index (χ4v) is 4.08. The Morgan fingerprint density at radius 3 is 2.65 bits per heavy atom. The van der Waals surface area contributed by atoms with E-state index in [9.17, 15) is 4.79 Å². The number of rotatable bonds is 5. The summed E-state index contributed by atoms with van der Waals surface area (Å²) >= 11 is 0.150. The van der Waals surface area contributed by atoms with Crippen molar-refractivity contribution in [2.24, 2.45) is 0 Å². The summed E-state index contributed by atoms with van der Waals surface area (Å²) in [5, 5.41) is 3.76. The van der Waals surface area contributed by atoms with Crippen LogP contribution in [0.3, 0.4) is 0 Å². The van der Waals surface area contributed by atoms with Crippen LogP contribution in [0, 0.1) is 0 Å². The average Bonchev–Trinajstić information content (AvgIpc) is 2.62. The van der Waals surface area contributed by atoms with Gasteiger partial charge in [-0.1, -0.05) is 0 Å². The van der Waals surface area contributed by atoms with E-state index in [1.807, 2.05) is 48.5 Å². The zero-order valence-corrected chi connectivity index (χ0v) is 14.1. The molecule has 0 aliphatic carbocycles. The molecule has 1 N–H and O–H groups in total. The van der Waals surface area contributed by atoms with Crippen molar-refractivity contribution in [2.45, 2.75) is 5.32 Å². The van der Waals surface area contributed by atoms with Gasteiger partial charge in [0.25, 0.3) is 0 Å². The first kappa shape index (κ1) is 15.4. The Hall–Kier alpha value is -2.49. The van der Waals surface area contributed by atoms with E-state index in [2.05, 4.69) is 15.3 Å². The first-order valence-electron chi connectivity index (χ1n) is 7.16. The number of hydrogen-bond acceptors (Lipinski definition) is 3. The molecule has 114 valence electrons. The van der Waals surface area contributed by atoms with Crippen molar-refractivity contribution >= 4 is 31.0 Å². The fourth-order valence-electron chi connectivity index (χ4n) is 2.05. The third-order valence-electron chi connectivity index (χ3n) is 3.15. The molecule has 0 spiro atoms. The third kappa shape index (κ3) is 4.25. The molecule has 0 atom stereocenters. The first-order valence-corrected chi connectivity index (χ1v) is 9.23. The SMILES string of the molecule is O=C(Nc1cccnc1)c1ccccc1[Se]Cc1ccccn1. The summed E-state index contributed by atoms with van der Waals surface area (Å²) in [6, 6.07) is 17.3. The van der Waals surface area contributed by atoms with Crippen molar-refractivity contribution in [3.8, 4) is 0 Å². The zero-order valence-electron chi connectivity index (χ0n) is 12.3. The summed E-state index contributed by atoms with van der Waals surface area (Å²) in [7, 11) is 0. The van der Waals surface area contributed by atoms with E-state index in [0.717, 1.165) is 15.5 Å². The molecule has 2 heterocycles. The molecular weight excluding hydrogens is 353 g/mol. The predicted molar refractivity (Wildman–Crippen MR) is 92.0 cm³/mol. The molecule has 4 nitrogen and oxygen atoms in total. The molecule has 0 unspecified atom stereocenters. The van der Waals surface area contributed by atoms with Crippen molar-refractivity contribution in [3.63, 3.8) is 0 Å². The van der Waals surface area contributed by atoms with Crippen LogP contribution < -0.4 is 9.78 Å². The summed E-state index contributed by atoms with van der Waals surface area (Å²) in [4.78, 5) is 20.9. The summed E-state index contributed by atoms with van der Waals surface area (Å²) < 4.78 is 1.08. The molecule has 1 aromatic carbocycles. The molecule has 0 aliphatic heterocycles. The molecule has 5 heteroatoms. The van der Waals surface area contributed by atoms with Crippen LogP contribution in [-0.2, 0) is 5.32 Å². The predicted octanol–water partition coefficient (Wildman–Crippen LogP) is 2.26. The van der Waals surface area contributed by atoms with Gasteiger partial charge >= 0.3 is 141 Å². The van der Waals surface area contributed by atoms with E-state index >= 15 is 0 Å². The van der Waals surface area contributed by atoms with Crippen LogP contribution >= 0.6 is 0 Å². The Morgan fingerprint density at radius 1 is 1.00 bits per heavy atom. The Labute approximate surface area is 141 Å². The van der Waals surface area contributed by atoms with Gasteiger partial charge in [-0.25, -0.2) is 0 Å². The van der Waals surface area contributed by atoms with Crippen molar-refractivity contribution < 1.29 is 4.79 Å². The molecule has 0 fully saturated rings. The molecule has 3 aromatic rings. The number of benzene rings is 1. The minimum absolute atomic E-state index is 0.100. The van der Waals surface area contributed by atoms with Gasteiger partial charge < -0.3 is 0 Å². The molecular formula is C18H15N3OSe. The van der Waals surface area contributed by atoms with Crippen molar-refractivity contribution in [1.82, 2.24) is 9.97 Å². The van der Waals surface area contributed by atoms with Crippen LogP contribution in [0.4, 0.5) is 5.69 Å². The van der Waals surface area contributed by atoms with Crippen LogP contribution in [0.5, 0.6) is 0 Å². The second kappa shape index (κ2) is 7.68. The van der Waals surface area contributed by atoms with Gasteiger partial charge in [-0.05, 0) is 0 Å². The van der Waals surface area contributed by atoms with Gasteiger partial charge in [-0.3, -0.25) is 0 Å². The van der Waals surface area contributed by atoms with Gasteiger partial charge in [-0.2, -0.15) is 0 Å². The van der Waals surface area contributed by atoms with E-state index in [1.54, 1.807) is 24.7 Å². The van der Waals surface area contributed by atoms with E-state index in [4.69, 9.17) is 0 Å². The van der Waals surface area contributed by atoms with Crippen LogP contribution in [0.15, 0.2) is 73.2 Å². The first-order chi connectivity index (χ1) is 11.3. The Kier molecular flexibility index (Phi) is 5.14. The van der Waals surface area contributed by atoms with Crippen LogP contribution in [-0.4, -0.2) is 30.8 Å². The number of pyridine rings is 2. The average molecular weight is 368 g/mol. The van der Waals surface area contributed by atoms with E-state index < -0.39 is 0 Å². The minimum atomic E-state index is -0.100. The number of anilines is 1. The van der Waals surface area contributed by atoms with Gasteiger partial charge in [-0.15, -0.1) is 0 Å². The molecule has 1 amide bonds. The Bertz CT molecular complexity index is 779. The molecule has 0 aliphatic rings. The molecule has 0 radical (unpaired) electrons. The quantitative estimate of drug-likeness (QED) is 0.703. The molecule has 23 heavy (non-hydrogen) atoms. The number of hydrogen-bond donors (Lipinski definition) is 1. The molecule has 3 rings (SSSR count). The number of nitrogens with zero attached hydrogens (tertiary/aromatic N) is 2. The number of aromatic nitrogens is 2. The van der Waals surface area contributed by atoms with Gasteiger partial charge in [0.05, 0.1) is 0 Å². The fraction of sp³-hybridized carbons (Fsp3) is 0.0556. The van der Waals surface area contributed by atoms with Crippen LogP contribution in [0.2, 0.25) is 0 Å². The van der Waals surface area contributed by atoms with E-state index in [0.29, 0.717) is 11.3 Å². The summed E-state index contributed by atoms with van der Waals surface area (Å²) in [5.74, 6) is -0.100. The maximum atomic E-state index is 12.5. The summed E-state index contributed by atoms with van der Waals surface area (Å²) in [5.41, 5.74) is 2.46. The van der Waals surface area contributed by atoms with Crippen LogP contribution in [0.25, 0.3) is 0 Å². The maximum absolute atomic E-state index is 12.5. The third-order valence-corrected chi connectivity index (χ3v) is 5.48. The zero-order chi connectivity index (χ0) is 15.9. The number of amides is 1. The molecule has 0 saturated heterocycles. The molecule has 0 saturated carbocycles. The van der Waals surface area contributed by atoms with E-state index in [-0.39, 0.29) is 20.9 Å². The topological polar surface area (TPSA) is 54.9 Å². The molecule has 2 aromatic heterocycles. The summed E-state index contributed by atoms with van der Waals surface area (Å²) in [6.45, 7) is 0. The van der Waals surface area contributed by atoms with Gasteiger partial charge in [0.1, 0.15) is 0 Å².